The van der Waals surface area contributed by atoms with E-state index >= 15 is 0 Å². The minimum Gasteiger partial charge on any atom is -0.488 e. The average molecular weight is 311 g/mol. The molecular formula is C17H17ClF2O. The first-order valence-electron chi connectivity index (χ1n) is 6.91. The number of benzene rings is 2. The van der Waals surface area contributed by atoms with Gasteiger partial charge in [-0.2, -0.15) is 0 Å². The number of alkyl halides is 1. The van der Waals surface area contributed by atoms with E-state index in [1.807, 2.05) is 18.2 Å². The van der Waals surface area contributed by atoms with Gasteiger partial charge in [0.2, 0.25) is 0 Å². The molecule has 2 aromatic carbocycles. The molecule has 1 nitrogen and oxygen atoms in total. The van der Waals surface area contributed by atoms with Crippen LogP contribution in [0.1, 0.15) is 24.0 Å². The van der Waals surface area contributed by atoms with Crippen LogP contribution in [0.15, 0.2) is 42.5 Å². The summed E-state index contributed by atoms with van der Waals surface area (Å²) in [5, 5.41) is 0. The molecule has 21 heavy (non-hydrogen) atoms. The molecule has 0 radical (unpaired) electrons. The third kappa shape index (κ3) is 4.71. The van der Waals surface area contributed by atoms with E-state index in [4.69, 9.17) is 16.3 Å². The number of hydrogen-bond acceptors (Lipinski definition) is 1. The maximum absolute atomic E-state index is 13.6. The zero-order valence-electron chi connectivity index (χ0n) is 11.6. The lowest BCUT2D eigenvalue weighted by atomic mass is 10.1. The molecule has 2 aromatic rings. The first-order chi connectivity index (χ1) is 10.2. The SMILES string of the molecule is Fc1cc(CCl)cc(F)c1OCCCCc1ccccc1. The van der Waals surface area contributed by atoms with Gasteiger partial charge < -0.3 is 4.74 Å². The molecule has 0 spiro atoms. The van der Waals surface area contributed by atoms with Gasteiger partial charge in [0.1, 0.15) is 0 Å². The van der Waals surface area contributed by atoms with Gasteiger partial charge in [-0.3, -0.25) is 0 Å². The minimum absolute atomic E-state index is 0.0746. The molecule has 0 fully saturated rings. The van der Waals surface area contributed by atoms with E-state index in [2.05, 4.69) is 12.1 Å². The van der Waals surface area contributed by atoms with Crippen LogP contribution in [0.3, 0.4) is 0 Å². The Bertz CT molecular complexity index is 549. The van der Waals surface area contributed by atoms with Crippen LogP contribution < -0.4 is 4.74 Å². The molecule has 0 saturated heterocycles. The van der Waals surface area contributed by atoms with Gasteiger partial charge in [0.15, 0.2) is 17.4 Å². The maximum Gasteiger partial charge on any atom is 0.190 e. The fourth-order valence-corrected chi connectivity index (χ4v) is 2.23. The van der Waals surface area contributed by atoms with Crippen LogP contribution in [0.4, 0.5) is 8.78 Å². The van der Waals surface area contributed by atoms with Crippen LogP contribution in [0.2, 0.25) is 0 Å². The first-order valence-corrected chi connectivity index (χ1v) is 7.45. The van der Waals surface area contributed by atoms with Crippen molar-refractivity contribution in [3.8, 4) is 5.75 Å². The minimum atomic E-state index is -0.700. The highest BCUT2D eigenvalue weighted by molar-refractivity contribution is 6.17. The van der Waals surface area contributed by atoms with E-state index in [0.29, 0.717) is 12.2 Å². The lowest BCUT2D eigenvalue weighted by Gasteiger charge is -2.09. The normalized spacial score (nSPS) is 10.6. The Hall–Kier alpha value is -1.61. The third-order valence-corrected chi connectivity index (χ3v) is 3.47. The Labute approximate surface area is 128 Å². The van der Waals surface area contributed by atoms with Crippen molar-refractivity contribution in [3.63, 3.8) is 0 Å². The fraction of sp³-hybridized carbons (Fsp3) is 0.294. The van der Waals surface area contributed by atoms with Gasteiger partial charge in [0.05, 0.1) is 6.61 Å². The topological polar surface area (TPSA) is 9.23 Å². The molecule has 0 amide bonds. The van der Waals surface area contributed by atoms with Crippen LogP contribution >= 0.6 is 11.6 Å². The van der Waals surface area contributed by atoms with E-state index in [-0.39, 0.29) is 11.6 Å². The lowest BCUT2D eigenvalue weighted by molar-refractivity contribution is 0.276. The predicted octanol–water partition coefficient (Wildman–Crippen LogP) is 5.11. The Morgan fingerprint density at radius 3 is 2.19 bits per heavy atom. The summed E-state index contributed by atoms with van der Waals surface area (Å²) in [5.41, 5.74) is 1.66. The molecule has 112 valence electrons. The van der Waals surface area contributed by atoms with E-state index in [1.165, 1.54) is 17.7 Å². The molecule has 0 aliphatic rings. The molecule has 4 heteroatoms. The van der Waals surface area contributed by atoms with E-state index in [0.717, 1.165) is 19.3 Å². The summed E-state index contributed by atoms with van der Waals surface area (Å²) >= 11 is 5.55. The smallest absolute Gasteiger partial charge is 0.190 e. The van der Waals surface area contributed by atoms with Crippen LogP contribution in [0.5, 0.6) is 5.75 Å². The second-order valence-corrected chi connectivity index (χ2v) is 5.08. The van der Waals surface area contributed by atoms with Crippen molar-refractivity contribution in [2.24, 2.45) is 0 Å². The van der Waals surface area contributed by atoms with Crippen molar-refractivity contribution in [1.29, 1.82) is 0 Å². The predicted molar refractivity (Wildman–Crippen MR) is 80.8 cm³/mol. The highest BCUT2D eigenvalue weighted by Crippen LogP contribution is 2.24. The molecule has 0 atom stereocenters. The number of unbranched alkanes of at least 4 members (excludes halogenated alkanes) is 1. The summed E-state index contributed by atoms with van der Waals surface area (Å²) in [4.78, 5) is 0. The molecule has 0 aliphatic carbocycles. The molecule has 0 saturated carbocycles. The van der Waals surface area contributed by atoms with Gasteiger partial charge in [-0.25, -0.2) is 8.78 Å². The van der Waals surface area contributed by atoms with Gasteiger partial charge in [-0.1, -0.05) is 30.3 Å². The van der Waals surface area contributed by atoms with Crippen LogP contribution in [-0.4, -0.2) is 6.61 Å². The van der Waals surface area contributed by atoms with Crippen molar-refractivity contribution >= 4 is 11.6 Å². The number of aryl methyl sites for hydroxylation is 1. The number of ether oxygens (including phenoxy) is 1. The summed E-state index contributed by atoms with van der Waals surface area (Å²) in [6, 6.07) is 12.5. The molecule has 0 bridgehead atoms. The van der Waals surface area contributed by atoms with Gasteiger partial charge in [-0.05, 0) is 42.5 Å². The summed E-state index contributed by atoms with van der Waals surface area (Å²) in [6.45, 7) is 0.293. The van der Waals surface area contributed by atoms with Gasteiger partial charge in [0.25, 0.3) is 0 Å². The third-order valence-electron chi connectivity index (χ3n) is 3.16. The number of halogens is 3. The van der Waals surface area contributed by atoms with Crippen LogP contribution in [0, 0.1) is 11.6 Å². The Morgan fingerprint density at radius 2 is 1.57 bits per heavy atom. The van der Waals surface area contributed by atoms with Gasteiger partial charge in [-0.15, -0.1) is 11.6 Å². The highest BCUT2D eigenvalue weighted by Gasteiger charge is 2.12. The molecular weight excluding hydrogens is 294 g/mol. The van der Waals surface area contributed by atoms with E-state index in [1.54, 1.807) is 0 Å². The fourth-order valence-electron chi connectivity index (χ4n) is 2.08. The first kappa shape index (κ1) is 15.8. The van der Waals surface area contributed by atoms with E-state index in [9.17, 15) is 8.78 Å². The number of hydrogen-bond donors (Lipinski definition) is 0. The standard InChI is InChI=1S/C17H17ClF2O/c18-12-14-10-15(19)17(16(20)11-14)21-9-5-4-8-13-6-2-1-3-7-13/h1-3,6-7,10-11H,4-5,8-9,12H2. The van der Waals surface area contributed by atoms with Gasteiger partial charge in [0, 0.05) is 5.88 Å². The molecule has 2 rings (SSSR count). The Balaban J connectivity index is 1.79. The molecule has 0 N–H and O–H groups in total. The average Bonchev–Trinajstić information content (AvgIpc) is 2.50. The molecule has 0 unspecified atom stereocenters. The zero-order valence-corrected chi connectivity index (χ0v) is 12.4. The summed E-state index contributed by atoms with van der Waals surface area (Å²) in [5.74, 6) is -1.64. The summed E-state index contributed by atoms with van der Waals surface area (Å²) in [6.07, 6.45) is 2.58. The van der Waals surface area contributed by atoms with Crippen molar-refractivity contribution in [3.05, 3.63) is 65.2 Å². The Kier molecular flexibility index (Phi) is 6.00. The second kappa shape index (κ2) is 7.99. The van der Waals surface area contributed by atoms with Crippen molar-refractivity contribution in [1.82, 2.24) is 0 Å². The molecule has 0 aliphatic heterocycles. The molecule has 0 heterocycles. The maximum atomic E-state index is 13.6. The quantitative estimate of drug-likeness (QED) is 0.510. The van der Waals surface area contributed by atoms with Gasteiger partial charge >= 0.3 is 0 Å². The largest absolute Gasteiger partial charge is 0.488 e. The van der Waals surface area contributed by atoms with Crippen molar-refractivity contribution in [2.45, 2.75) is 25.1 Å². The number of rotatable bonds is 7. The van der Waals surface area contributed by atoms with Crippen LogP contribution in [0.25, 0.3) is 0 Å². The molecule has 0 aromatic heterocycles. The lowest BCUT2D eigenvalue weighted by Crippen LogP contribution is -2.03. The summed E-state index contributed by atoms with van der Waals surface area (Å²) in [7, 11) is 0. The summed E-state index contributed by atoms with van der Waals surface area (Å²) < 4.78 is 32.5. The highest BCUT2D eigenvalue weighted by atomic mass is 35.5. The van der Waals surface area contributed by atoms with Crippen molar-refractivity contribution in [2.75, 3.05) is 6.61 Å². The van der Waals surface area contributed by atoms with Crippen molar-refractivity contribution < 1.29 is 13.5 Å². The van der Waals surface area contributed by atoms with E-state index < -0.39 is 11.6 Å². The Morgan fingerprint density at radius 1 is 0.905 bits per heavy atom. The monoisotopic (exact) mass is 310 g/mol. The van der Waals surface area contributed by atoms with Crippen LogP contribution in [-0.2, 0) is 12.3 Å². The second-order valence-electron chi connectivity index (χ2n) is 4.81. The zero-order chi connectivity index (χ0) is 15.1.